The maximum Gasteiger partial charge on any atom is 0.338 e. The Hall–Kier alpha value is -2.16. The number of aryl methyl sites for hydroxylation is 1. The fourth-order valence-electron chi connectivity index (χ4n) is 3.33. The third kappa shape index (κ3) is 4.24. The number of hydrogen-bond donors (Lipinski definition) is 0. The van der Waals surface area contributed by atoms with Crippen LogP contribution in [-0.2, 0) is 21.8 Å². The van der Waals surface area contributed by atoms with Crippen molar-refractivity contribution in [2.45, 2.75) is 31.6 Å². The van der Waals surface area contributed by atoms with Crippen molar-refractivity contribution in [3.63, 3.8) is 0 Å². The molecule has 29 heavy (non-hydrogen) atoms. The lowest BCUT2D eigenvalue weighted by Gasteiger charge is -2.17. The summed E-state index contributed by atoms with van der Waals surface area (Å²) in [6.07, 6.45) is 1.58. The molecule has 156 valence electrons. The number of halogens is 1. The van der Waals surface area contributed by atoms with E-state index in [2.05, 4.69) is 0 Å². The standard InChI is InChI=1S/C20H23ClN2O5S/c1-13-10-16(14(2)22(13)3)18(24)12-28-20(25)15-6-7-17(21)19(11-15)29(26,27)23-8-4-5-9-23/h6-7,10-11H,4-5,8-9,12H2,1-3H3. The zero-order valence-electron chi connectivity index (χ0n) is 16.6. The van der Waals surface area contributed by atoms with Crippen LogP contribution in [0.4, 0.5) is 0 Å². The summed E-state index contributed by atoms with van der Waals surface area (Å²) in [6.45, 7) is 4.12. The minimum Gasteiger partial charge on any atom is -0.454 e. The van der Waals surface area contributed by atoms with E-state index >= 15 is 0 Å². The van der Waals surface area contributed by atoms with Gasteiger partial charge in [0, 0.05) is 37.1 Å². The van der Waals surface area contributed by atoms with E-state index in [4.69, 9.17) is 16.3 Å². The first-order chi connectivity index (χ1) is 13.6. The van der Waals surface area contributed by atoms with Gasteiger partial charge in [0.05, 0.1) is 10.6 Å². The normalized spacial score (nSPS) is 14.9. The third-order valence-electron chi connectivity index (χ3n) is 5.26. The van der Waals surface area contributed by atoms with Gasteiger partial charge >= 0.3 is 5.97 Å². The summed E-state index contributed by atoms with van der Waals surface area (Å²) in [7, 11) is -1.93. The average molecular weight is 439 g/mol. The minimum atomic E-state index is -3.78. The first-order valence-electron chi connectivity index (χ1n) is 9.26. The number of aromatic nitrogens is 1. The SMILES string of the molecule is Cc1cc(C(=O)COC(=O)c2ccc(Cl)c(S(=O)(=O)N3CCCC3)c2)c(C)n1C. The summed E-state index contributed by atoms with van der Waals surface area (Å²) in [6, 6.07) is 5.69. The summed E-state index contributed by atoms with van der Waals surface area (Å²) in [5.74, 6) is -1.10. The van der Waals surface area contributed by atoms with E-state index in [1.165, 1.54) is 22.5 Å². The van der Waals surface area contributed by atoms with Gasteiger partial charge in [-0.3, -0.25) is 4.79 Å². The van der Waals surface area contributed by atoms with Crippen LogP contribution in [-0.4, -0.2) is 48.7 Å². The summed E-state index contributed by atoms with van der Waals surface area (Å²) < 4.78 is 33.9. The van der Waals surface area contributed by atoms with Crippen LogP contribution >= 0.6 is 11.6 Å². The highest BCUT2D eigenvalue weighted by atomic mass is 35.5. The Morgan fingerprint density at radius 1 is 1.14 bits per heavy atom. The lowest BCUT2D eigenvalue weighted by Crippen LogP contribution is -2.28. The number of ether oxygens (including phenoxy) is 1. The molecule has 0 atom stereocenters. The predicted molar refractivity (Wildman–Crippen MR) is 109 cm³/mol. The second-order valence-electron chi connectivity index (χ2n) is 7.10. The first-order valence-corrected chi connectivity index (χ1v) is 11.1. The third-order valence-corrected chi connectivity index (χ3v) is 7.64. The molecule has 2 heterocycles. The highest BCUT2D eigenvalue weighted by molar-refractivity contribution is 7.89. The summed E-state index contributed by atoms with van der Waals surface area (Å²) in [4.78, 5) is 24.7. The van der Waals surface area contributed by atoms with E-state index in [0.29, 0.717) is 18.7 Å². The number of esters is 1. The second kappa shape index (κ2) is 8.30. The van der Waals surface area contributed by atoms with Crippen LogP contribution in [0.15, 0.2) is 29.2 Å². The molecule has 0 unspecified atom stereocenters. The van der Waals surface area contributed by atoms with Crippen LogP contribution in [0, 0.1) is 13.8 Å². The van der Waals surface area contributed by atoms with Crippen LogP contribution in [0.5, 0.6) is 0 Å². The Labute approximate surface area is 175 Å². The van der Waals surface area contributed by atoms with E-state index in [-0.39, 0.29) is 21.3 Å². The molecule has 0 aliphatic carbocycles. The molecule has 1 aliphatic heterocycles. The van der Waals surface area contributed by atoms with Gasteiger partial charge in [0.25, 0.3) is 0 Å². The van der Waals surface area contributed by atoms with Crippen LogP contribution in [0.2, 0.25) is 5.02 Å². The van der Waals surface area contributed by atoms with Crippen LogP contribution in [0.25, 0.3) is 0 Å². The van der Waals surface area contributed by atoms with Gasteiger partial charge in [0.2, 0.25) is 15.8 Å². The number of carbonyl (C=O) groups is 2. The summed E-state index contributed by atoms with van der Waals surface area (Å²) >= 11 is 6.09. The molecule has 0 radical (unpaired) electrons. The van der Waals surface area contributed by atoms with Gasteiger partial charge in [-0.2, -0.15) is 4.31 Å². The molecule has 1 aliphatic rings. The molecule has 0 bridgehead atoms. The monoisotopic (exact) mass is 438 g/mol. The second-order valence-corrected chi connectivity index (χ2v) is 9.41. The smallest absolute Gasteiger partial charge is 0.338 e. The summed E-state index contributed by atoms with van der Waals surface area (Å²) in [5, 5.41) is 0.0416. The van der Waals surface area contributed by atoms with Crippen molar-refractivity contribution in [2.75, 3.05) is 19.7 Å². The Morgan fingerprint density at radius 3 is 2.38 bits per heavy atom. The molecule has 0 amide bonds. The molecule has 2 aromatic rings. The number of ketones is 1. The number of rotatable bonds is 6. The van der Waals surface area contributed by atoms with E-state index < -0.39 is 22.6 Å². The first kappa shape index (κ1) is 21.5. The number of hydrogen-bond acceptors (Lipinski definition) is 5. The van der Waals surface area contributed by atoms with Gasteiger partial charge in [-0.1, -0.05) is 11.6 Å². The number of benzene rings is 1. The minimum absolute atomic E-state index is 0.0286. The molecule has 0 saturated carbocycles. The molecule has 1 aromatic heterocycles. The van der Waals surface area contributed by atoms with Crippen molar-refractivity contribution < 1.29 is 22.7 Å². The van der Waals surface area contributed by atoms with E-state index in [1.54, 1.807) is 6.07 Å². The van der Waals surface area contributed by atoms with Crippen molar-refractivity contribution in [1.82, 2.24) is 8.87 Å². The van der Waals surface area contributed by atoms with Gasteiger partial charge < -0.3 is 9.30 Å². The van der Waals surface area contributed by atoms with Crippen LogP contribution in [0.1, 0.15) is 44.9 Å². The lowest BCUT2D eigenvalue weighted by atomic mass is 10.1. The fraction of sp³-hybridized carbons (Fsp3) is 0.400. The number of sulfonamides is 1. The largest absolute Gasteiger partial charge is 0.454 e. The topological polar surface area (TPSA) is 85.7 Å². The van der Waals surface area contributed by atoms with Crippen molar-refractivity contribution in [2.24, 2.45) is 7.05 Å². The van der Waals surface area contributed by atoms with Gasteiger partial charge in [-0.25, -0.2) is 13.2 Å². The van der Waals surface area contributed by atoms with E-state index in [1.807, 2.05) is 25.5 Å². The molecule has 9 heteroatoms. The number of Topliss-reactive ketones (excluding diaryl/α,β-unsaturated/α-hetero) is 1. The zero-order chi connectivity index (χ0) is 21.3. The molecule has 1 saturated heterocycles. The maximum absolute atomic E-state index is 12.8. The van der Waals surface area contributed by atoms with E-state index in [0.717, 1.165) is 24.2 Å². The van der Waals surface area contributed by atoms with Crippen LogP contribution < -0.4 is 0 Å². The molecular weight excluding hydrogens is 416 g/mol. The van der Waals surface area contributed by atoms with Crippen LogP contribution in [0.3, 0.4) is 0 Å². The summed E-state index contributed by atoms with van der Waals surface area (Å²) in [5.41, 5.74) is 2.23. The molecule has 1 fully saturated rings. The Bertz CT molecular complexity index is 1070. The Balaban J connectivity index is 1.76. The molecule has 3 rings (SSSR count). The zero-order valence-corrected chi connectivity index (χ0v) is 18.1. The molecule has 7 nitrogen and oxygen atoms in total. The van der Waals surface area contributed by atoms with Crippen molar-refractivity contribution in [3.05, 3.63) is 51.8 Å². The number of nitrogens with zero attached hydrogens (tertiary/aromatic N) is 2. The number of carbonyl (C=O) groups excluding carboxylic acids is 2. The van der Waals surface area contributed by atoms with Crippen molar-refractivity contribution >= 4 is 33.4 Å². The molecule has 0 N–H and O–H groups in total. The quantitative estimate of drug-likeness (QED) is 0.511. The van der Waals surface area contributed by atoms with Gasteiger partial charge in [-0.05, 0) is 51.0 Å². The van der Waals surface area contributed by atoms with Crippen molar-refractivity contribution in [1.29, 1.82) is 0 Å². The average Bonchev–Trinajstić information content (AvgIpc) is 3.31. The Morgan fingerprint density at radius 2 is 1.79 bits per heavy atom. The Kier molecular flexibility index (Phi) is 6.16. The van der Waals surface area contributed by atoms with Gasteiger partial charge in [0.15, 0.2) is 6.61 Å². The van der Waals surface area contributed by atoms with Crippen molar-refractivity contribution in [3.8, 4) is 0 Å². The fourth-order valence-corrected chi connectivity index (χ4v) is 5.34. The highest BCUT2D eigenvalue weighted by Gasteiger charge is 2.30. The maximum atomic E-state index is 12.8. The predicted octanol–water partition coefficient (Wildman–Crippen LogP) is 3.12. The molecular formula is C20H23ClN2O5S. The molecule has 0 spiro atoms. The van der Waals surface area contributed by atoms with Gasteiger partial charge in [0.1, 0.15) is 4.90 Å². The lowest BCUT2D eigenvalue weighted by molar-refractivity contribution is 0.0474. The van der Waals surface area contributed by atoms with E-state index in [9.17, 15) is 18.0 Å². The van der Waals surface area contributed by atoms with Gasteiger partial charge in [-0.15, -0.1) is 0 Å². The molecule has 1 aromatic carbocycles. The highest BCUT2D eigenvalue weighted by Crippen LogP contribution is 2.28.